The van der Waals surface area contributed by atoms with Crippen LogP contribution in [-0.2, 0) is 9.47 Å². The smallest absolute Gasteiger partial charge is 0.493 e. The summed E-state index contributed by atoms with van der Waals surface area (Å²) in [6.07, 6.45) is -1.01. The van der Waals surface area contributed by atoms with Crippen LogP contribution in [0.1, 0.15) is 11.7 Å². The zero-order chi connectivity index (χ0) is 11.5. The molecule has 0 aromatic heterocycles. The van der Waals surface area contributed by atoms with E-state index in [4.69, 9.17) is 18.9 Å². The van der Waals surface area contributed by atoms with E-state index in [1.165, 1.54) is 0 Å². The predicted molar refractivity (Wildman–Crippen MR) is 54.7 cm³/mol. The second-order valence-corrected chi connectivity index (χ2v) is 3.28. The van der Waals surface area contributed by atoms with E-state index in [1.54, 1.807) is 26.4 Å². The Labute approximate surface area is 92.9 Å². The van der Waals surface area contributed by atoms with E-state index < -0.39 is 6.16 Å². The van der Waals surface area contributed by atoms with Crippen molar-refractivity contribution in [3.8, 4) is 11.5 Å². The van der Waals surface area contributed by atoms with Gasteiger partial charge in [0.05, 0.1) is 14.2 Å². The van der Waals surface area contributed by atoms with Crippen LogP contribution in [0.4, 0.5) is 4.79 Å². The third kappa shape index (κ3) is 1.88. The van der Waals surface area contributed by atoms with Gasteiger partial charge in [-0.15, -0.1) is 0 Å². The van der Waals surface area contributed by atoms with Crippen LogP contribution < -0.4 is 9.47 Å². The number of cyclic esters (lactones) is 2. The van der Waals surface area contributed by atoms with Crippen molar-refractivity contribution in [2.75, 3.05) is 20.8 Å². The van der Waals surface area contributed by atoms with Crippen LogP contribution >= 0.6 is 0 Å². The van der Waals surface area contributed by atoms with Crippen molar-refractivity contribution in [3.05, 3.63) is 23.8 Å². The van der Waals surface area contributed by atoms with E-state index in [2.05, 4.69) is 0 Å². The van der Waals surface area contributed by atoms with E-state index in [1.807, 2.05) is 6.07 Å². The Morgan fingerprint density at radius 3 is 2.56 bits per heavy atom. The molecule has 86 valence electrons. The lowest BCUT2D eigenvalue weighted by Gasteiger charge is -2.11. The van der Waals surface area contributed by atoms with Gasteiger partial charge in [0.15, 0.2) is 17.6 Å². The lowest BCUT2D eigenvalue weighted by molar-refractivity contribution is 0.118. The van der Waals surface area contributed by atoms with Crippen molar-refractivity contribution >= 4 is 6.16 Å². The molecule has 0 N–H and O–H groups in total. The highest BCUT2D eigenvalue weighted by Crippen LogP contribution is 2.32. The van der Waals surface area contributed by atoms with E-state index in [9.17, 15) is 4.79 Å². The summed E-state index contributed by atoms with van der Waals surface area (Å²) in [5, 5.41) is 0. The summed E-state index contributed by atoms with van der Waals surface area (Å²) >= 11 is 0. The average molecular weight is 224 g/mol. The topological polar surface area (TPSA) is 54.0 Å². The molecule has 1 aromatic carbocycles. The maximum Gasteiger partial charge on any atom is 0.509 e. The highest BCUT2D eigenvalue weighted by molar-refractivity contribution is 5.62. The highest BCUT2D eigenvalue weighted by Gasteiger charge is 2.27. The molecule has 1 heterocycles. The molecule has 16 heavy (non-hydrogen) atoms. The molecule has 1 aliphatic rings. The van der Waals surface area contributed by atoms with Crippen molar-refractivity contribution in [1.82, 2.24) is 0 Å². The largest absolute Gasteiger partial charge is 0.509 e. The van der Waals surface area contributed by atoms with Gasteiger partial charge in [-0.3, -0.25) is 0 Å². The zero-order valence-corrected chi connectivity index (χ0v) is 9.06. The van der Waals surface area contributed by atoms with Crippen molar-refractivity contribution in [1.29, 1.82) is 0 Å². The summed E-state index contributed by atoms with van der Waals surface area (Å²) in [6.45, 7) is 0.230. The molecule has 1 saturated heterocycles. The maximum absolute atomic E-state index is 10.8. The molecule has 0 saturated carbocycles. The summed E-state index contributed by atoms with van der Waals surface area (Å²) < 4.78 is 19.9. The molecule has 2 rings (SSSR count). The summed E-state index contributed by atoms with van der Waals surface area (Å²) in [4.78, 5) is 10.8. The van der Waals surface area contributed by atoms with Gasteiger partial charge in [-0.2, -0.15) is 0 Å². The summed E-state index contributed by atoms with van der Waals surface area (Å²) in [7, 11) is 3.12. The average Bonchev–Trinajstić information content (AvgIpc) is 2.75. The van der Waals surface area contributed by atoms with Crippen LogP contribution in [0.5, 0.6) is 11.5 Å². The molecule has 5 nitrogen and oxygen atoms in total. The van der Waals surface area contributed by atoms with Crippen molar-refractivity contribution in [2.24, 2.45) is 0 Å². The SMILES string of the molecule is COc1ccc(C2COC(=O)O2)cc1OC. The lowest BCUT2D eigenvalue weighted by atomic mass is 10.1. The molecule has 1 fully saturated rings. The van der Waals surface area contributed by atoms with Gasteiger partial charge in [0.2, 0.25) is 0 Å². The fourth-order valence-corrected chi connectivity index (χ4v) is 1.55. The molecular formula is C11H12O5. The first-order valence-corrected chi connectivity index (χ1v) is 4.80. The van der Waals surface area contributed by atoms with Crippen LogP contribution in [0.25, 0.3) is 0 Å². The molecule has 1 aromatic rings. The lowest BCUT2D eigenvalue weighted by Crippen LogP contribution is -2.01. The molecule has 1 unspecified atom stereocenters. The summed E-state index contributed by atoms with van der Waals surface area (Å²) in [6, 6.07) is 5.35. The molecule has 0 radical (unpaired) electrons. The fraction of sp³-hybridized carbons (Fsp3) is 0.364. The number of hydrogen-bond acceptors (Lipinski definition) is 5. The van der Waals surface area contributed by atoms with Crippen molar-refractivity contribution < 1.29 is 23.7 Å². The second-order valence-electron chi connectivity index (χ2n) is 3.28. The predicted octanol–water partition coefficient (Wildman–Crippen LogP) is 1.91. The first-order valence-electron chi connectivity index (χ1n) is 4.80. The van der Waals surface area contributed by atoms with Gasteiger partial charge < -0.3 is 18.9 Å². The van der Waals surface area contributed by atoms with Gasteiger partial charge in [0.1, 0.15) is 6.61 Å². The monoisotopic (exact) mass is 224 g/mol. The molecular weight excluding hydrogens is 212 g/mol. The Morgan fingerprint density at radius 2 is 2.00 bits per heavy atom. The van der Waals surface area contributed by atoms with Gasteiger partial charge in [-0.25, -0.2) is 4.79 Å². The number of rotatable bonds is 3. The van der Waals surface area contributed by atoms with E-state index in [-0.39, 0.29) is 12.7 Å². The minimum atomic E-state index is -0.639. The van der Waals surface area contributed by atoms with Gasteiger partial charge in [-0.05, 0) is 17.7 Å². The van der Waals surface area contributed by atoms with Gasteiger partial charge in [-0.1, -0.05) is 6.07 Å². The third-order valence-electron chi connectivity index (χ3n) is 2.37. The molecule has 0 spiro atoms. The Kier molecular flexibility index (Phi) is 2.85. The number of benzene rings is 1. The second kappa shape index (κ2) is 4.30. The molecule has 0 bridgehead atoms. The number of carbonyl (C=O) groups is 1. The van der Waals surface area contributed by atoms with E-state index >= 15 is 0 Å². The standard InChI is InChI=1S/C11H12O5/c1-13-8-4-3-7(5-9(8)14-2)10-6-15-11(12)16-10/h3-5,10H,6H2,1-2H3. The summed E-state index contributed by atoms with van der Waals surface area (Å²) in [5.41, 5.74) is 0.823. The quantitative estimate of drug-likeness (QED) is 0.734. The Bertz CT molecular complexity index is 401. The first-order chi connectivity index (χ1) is 7.74. The highest BCUT2D eigenvalue weighted by atomic mass is 16.8. The Morgan fingerprint density at radius 1 is 1.25 bits per heavy atom. The van der Waals surface area contributed by atoms with E-state index in [0.29, 0.717) is 11.5 Å². The normalized spacial score (nSPS) is 18.9. The van der Waals surface area contributed by atoms with Crippen LogP contribution in [0, 0.1) is 0 Å². The molecule has 0 amide bonds. The maximum atomic E-state index is 10.8. The van der Waals surface area contributed by atoms with Crippen LogP contribution in [0.2, 0.25) is 0 Å². The zero-order valence-electron chi connectivity index (χ0n) is 9.06. The number of hydrogen-bond donors (Lipinski definition) is 0. The van der Waals surface area contributed by atoms with Gasteiger partial charge in [0.25, 0.3) is 0 Å². The first kappa shape index (κ1) is 10.6. The number of methoxy groups -OCH3 is 2. The minimum absolute atomic E-state index is 0.230. The van der Waals surface area contributed by atoms with Crippen LogP contribution in [-0.4, -0.2) is 27.0 Å². The molecule has 1 atom stereocenters. The van der Waals surface area contributed by atoms with Crippen molar-refractivity contribution in [3.63, 3.8) is 0 Å². The number of ether oxygens (including phenoxy) is 4. The van der Waals surface area contributed by atoms with Crippen molar-refractivity contribution in [2.45, 2.75) is 6.10 Å². The van der Waals surface area contributed by atoms with Gasteiger partial charge in [0, 0.05) is 0 Å². The van der Waals surface area contributed by atoms with Crippen LogP contribution in [0.3, 0.4) is 0 Å². The molecule has 1 aliphatic heterocycles. The Balaban J connectivity index is 2.25. The fourth-order valence-electron chi connectivity index (χ4n) is 1.55. The van der Waals surface area contributed by atoms with E-state index in [0.717, 1.165) is 5.56 Å². The minimum Gasteiger partial charge on any atom is -0.493 e. The number of carbonyl (C=O) groups excluding carboxylic acids is 1. The third-order valence-corrected chi connectivity index (χ3v) is 2.37. The molecule has 5 heteroatoms. The molecule has 0 aliphatic carbocycles. The van der Waals surface area contributed by atoms with Gasteiger partial charge >= 0.3 is 6.16 Å². The Hall–Kier alpha value is -1.91. The summed E-state index contributed by atoms with van der Waals surface area (Å²) in [5.74, 6) is 1.24. The van der Waals surface area contributed by atoms with Crippen LogP contribution in [0.15, 0.2) is 18.2 Å².